The highest BCUT2D eigenvalue weighted by Crippen LogP contribution is 2.29. The number of amides is 1. The van der Waals surface area contributed by atoms with Crippen LogP contribution in [0.2, 0.25) is 0 Å². The minimum Gasteiger partial charge on any atom is -0.493 e. The van der Waals surface area contributed by atoms with Crippen molar-refractivity contribution >= 4 is 11.6 Å². The minimum absolute atomic E-state index is 0.00570. The standard InChI is InChI=1S/C16H21N3O3/c1-11-7-8-19(18-11)12(2)9-16(20)17-13-5-6-14(21-3)15(10-13)22-4/h5-8,10,12H,9H2,1-4H3,(H,17,20). The number of benzene rings is 1. The van der Waals surface area contributed by atoms with Gasteiger partial charge in [0.1, 0.15) is 0 Å². The first-order valence-electron chi connectivity index (χ1n) is 7.07. The third-order valence-electron chi connectivity index (χ3n) is 3.34. The molecule has 0 aliphatic heterocycles. The zero-order valence-corrected chi connectivity index (χ0v) is 13.3. The Balaban J connectivity index is 2.00. The molecule has 0 saturated carbocycles. The van der Waals surface area contributed by atoms with Crippen LogP contribution in [0.4, 0.5) is 5.69 Å². The predicted molar refractivity (Wildman–Crippen MR) is 84.5 cm³/mol. The number of anilines is 1. The van der Waals surface area contributed by atoms with Gasteiger partial charge in [0.25, 0.3) is 0 Å². The highest BCUT2D eigenvalue weighted by Gasteiger charge is 2.13. The first-order valence-corrected chi connectivity index (χ1v) is 7.07. The molecule has 1 N–H and O–H groups in total. The van der Waals surface area contributed by atoms with Crippen molar-refractivity contribution in [1.29, 1.82) is 0 Å². The van der Waals surface area contributed by atoms with Gasteiger partial charge in [0.15, 0.2) is 11.5 Å². The summed E-state index contributed by atoms with van der Waals surface area (Å²) in [5.74, 6) is 1.13. The molecule has 0 fully saturated rings. The molecule has 2 rings (SSSR count). The Morgan fingerprint density at radius 3 is 2.59 bits per heavy atom. The Labute approximate surface area is 130 Å². The molecule has 1 amide bonds. The van der Waals surface area contributed by atoms with Gasteiger partial charge in [0.2, 0.25) is 5.91 Å². The molecule has 6 heteroatoms. The fraction of sp³-hybridized carbons (Fsp3) is 0.375. The highest BCUT2D eigenvalue weighted by atomic mass is 16.5. The summed E-state index contributed by atoms with van der Waals surface area (Å²) in [6.45, 7) is 3.88. The summed E-state index contributed by atoms with van der Waals surface area (Å²) in [7, 11) is 3.13. The van der Waals surface area contributed by atoms with Crippen LogP contribution in [-0.4, -0.2) is 29.9 Å². The Hall–Kier alpha value is -2.50. The van der Waals surface area contributed by atoms with Crippen molar-refractivity contribution in [3.05, 3.63) is 36.2 Å². The van der Waals surface area contributed by atoms with E-state index in [9.17, 15) is 4.79 Å². The van der Waals surface area contributed by atoms with Gasteiger partial charge >= 0.3 is 0 Å². The molecule has 0 aliphatic carbocycles. The highest BCUT2D eigenvalue weighted by molar-refractivity contribution is 5.91. The topological polar surface area (TPSA) is 65.4 Å². The number of carbonyl (C=O) groups is 1. The Morgan fingerprint density at radius 1 is 1.27 bits per heavy atom. The van der Waals surface area contributed by atoms with E-state index < -0.39 is 0 Å². The molecule has 1 aromatic carbocycles. The number of aryl methyl sites for hydroxylation is 1. The molecule has 0 bridgehead atoms. The van der Waals surface area contributed by atoms with Crippen LogP contribution in [0.1, 0.15) is 25.1 Å². The lowest BCUT2D eigenvalue weighted by Crippen LogP contribution is -2.18. The number of carbonyl (C=O) groups excluding carboxylic acids is 1. The van der Waals surface area contributed by atoms with E-state index in [-0.39, 0.29) is 11.9 Å². The van der Waals surface area contributed by atoms with Gasteiger partial charge in [0.05, 0.1) is 26.0 Å². The van der Waals surface area contributed by atoms with Crippen LogP contribution in [0.3, 0.4) is 0 Å². The third kappa shape index (κ3) is 3.78. The second kappa shape index (κ2) is 6.98. The minimum atomic E-state index is -0.0760. The molecule has 2 aromatic rings. The van der Waals surface area contributed by atoms with E-state index in [1.54, 1.807) is 37.1 Å². The van der Waals surface area contributed by atoms with Crippen molar-refractivity contribution in [2.75, 3.05) is 19.5 Å². The van der Waals surface area contributed by atoms with Crippen LogP contribution in [0.25, 0.3) is 0 Å². The summed E-state index contributed by atoms with van der Waals surface area (Å²) in [5.41, 5.74) is 1.61. The second-order valence-corrected chi connectivity index (χ2v) is 5.11. The Morgan fingerprint density at radius 2 is 2.00 bits per heavy atom. The van der Waals surface area contributed by atoms with E-state index in [0.29, 0.717) is 23.6 Å². The van der Waals surface area contributed by atoms with E-state index in [0.717, 1.165) is 5.69 Å². The summed E-state index contributed by atoms with van der Waals surface area (Å²) in [4.78, 5) is 12.1. The SMILES string of the molecule is COc1ccc(NC(=O)CC(C)n2ccc(C)n2)cc1OC. The van der Waals surface area contributed by atoms with E-state index in [1.807, 2.05) is 26.1 Å². The maximum absolute atomic E-state index is 12.1. The van der Waals surface area contributed by atoms with E-state index in [1.165, 1.54) is 0 Å². The van der Waals surface area contributed by atoms with Gasteiger partial charge in [-0.1, -0.05) is 0 Å². The molecule has 1 unspecified atom stereocenters. The molecule has 1 atom stereocenters. The molecule has 0 radical (unpaired) electrons. The fourth-order valence-corrected chi connectivity index (χ4v) is 2.17. The lowest BCUT2D eigenvalue weighted by atomic mass is 10.2. The molecule has 1 heterocycles. The zero-order valence-electron chi connectivity index (χ0n) is 13.3. The first kappa shape index (κ1) is 15.9. The molecule has 0 aliphatic rings. The maximum atomic E-state index is 12.1. The van der Waals surface area contributed by atoms with Crippen LogP contribution < -0.4 is 14.8 Å². The van der Waals surface area contributed by atoms with Crippen molar-refractivity contribution in [3.8, 4) is 11.5 Å². The number of ether oxygens (including phenoxy) is 2. The van der Waals surface area contributed by atoms with Crippen molar-refractivity contribution in [2.24, 2.45) is 0 Å². The van der Waals surface area contributed by atoms with Gasteiger partial charge in [-0.3, -0.25) is 9.48 Å². The number of methoxy groups -OCH3 is 2. The lowest BCUT2D eigenvalue weighted by molar-refractivity contribution is -0.116. The Bertz CT molecular complexity index is 652. The molecule has 1 aromatic heterocycles. The number of aromatic nitrogens is 2. The van der Waals surface area contributed by atoms with E-state index in [4.69, 9.17) is 9.47 Å². The molecule has 0 spiro atoms. The lowest BCUT2D eigenvalue weighted by Gasteiger charge is -2.13. The average molecular weight is 303 g/mol. The van der Waals surface area contributed by atoms with Gasteiger partial charge in [-0.25, -0.2) is 0 Å². The van der Waals surface area contributed by atoms with E-state index >= 15 is 0 Å². The predicted octanol–water partition coefficient (Wildman–Crippen LogP) is 2.80. The summed E-state index contributed by atoms with van der Waals surface area (Å²) >= 11 is 0. The van der Waals surface area contributed by atoms with Gasteiger partial charge in [-0.15, -0.1) is 0 Å². The maximum Gasteiger partial charge on any atom is 0.226 e. The van der Waals surface area contributed by atoms with Gasteiger partial charge < -0.3 is 14.8 Å². The molecular weight excluding hydrogens is 282 g/mol. The normalized spacial score (nSPS) is 11.8. The van der Waals surface area contributed by atoms with Crippen LogP contribution in [-0.2, 0) is 4.79 Å². The fourth-order valence-electron chi connectivity index (χ4n) is 2.17. The van der Waals surface area contributed by atoms with Gasteiger partial charge in [-0.2, -0.15) is 5.10 Å². The van der Waals surface area contributed by atoms with Crippen LogP contribution >= 0.6 is 0 Å². The monoisotopic (exact) mass is 303 g/mol. The molecular formula is C16H21N3O3. The quantitative estimate of drug-likeness (QED) is 0.891. The van der Waals surface area contributed by atoms with E-state index in [2.05, 4.69) is 10.4 Å². The summed E-state index contributed by atoms with van der Waals surface area (Å²) in [6, 6.07) is 7.19. The number of hydrogen-bond acceptors (Lipinski definition) is 4. The molecule has 0 saturated heterocycles. The third-order valence-corrected chi connectivity index (χ3v) is 3.34. The number of rotatable bonds is 6. The van der Waals surface area contributed by atoms with Crippen molar-refractivity contribution in [2.45, 2.75) is 26.3 Å². The largest absolute Gasteiger partial charge is 0.493 e. The number of nitrogens with zero attached hydrogens (tertiary/aromatic N) is 2. The number of hydrogen-bond donors (Lipinski definition) is 1. The number of nitrogens with one attached hydrogen (secondary N) is 1. The first-order chi connectivity index (χ1) is 10.5. The molecule has 118 valence electrons. The van der Waals surface area contributed by atoms with Crippen molar-refractivity contribution in [1.82, 2.24) is 9.78 Å². The molecule has 6 nitrogen and oxygen atoms in total. The van der Waals surface area contributed by atoms with Gasteiger partial charge in [0, 0.05) is 24.4 Å². The average Bonchev–Trinajstić information content (AvgIpc) is 2.93. The molecule has 22 heavy (non-hydrogen) atoms. The van der Waals surface area contributed by atoms with Crippen molar-refractivity contribution in [3.63, 3.8) is 0 Å². The smallest absolute Gasteiger partial charge is 0.226 e. The summed E-state index contributed by atoms with van der Waals surface area (Å²) < 4.78 is 12.2. The van der Waals surface area contributed by atoms with Crippen LogP contribution in [0.5, 0.6) is 11.5 Å². The Kier molecular flexibility index (Phi) is 5.04. The summed E-state index contributed by atoms with van der Waals surface area (Å²) in [6.07, 6.45) is 2.22. The second-order valence-electron chi connectivity index (χ2n) is 5.11. The van der Waals surface area contributed by atoms with Crippen LogP contribution in [0, 0.1) is 6.92 Å². The zero-order chi connectivity index (χ0) is 16.1. The van der Waals surface area contributed by atoms with Crippen LogP contribution in [0.15, 0.2) is 30.5 Å². The van der Waals surface area contributed by atoms with Gasteiger partial charge in [-0.05, 0) is 32.0 Å². The summed E-state index contributed by atoms with van der Waals surface area (Å²) in [5, 5.41) is 7.18. The van der Waals surface area contributed by atoms with Crippen molar-refractivity contribution < 1.29 is 14.3 Å².